The number of benzene rings is 1. The summed E-state index contributed by atoms with van der Waals surface area (Å²) in [6, 6.07) is 13.3. The van der Waals surface area contributed by atoms with E-state index in [4.69, 9.17) is 10.7 Å². The predicted octanol–water partition coefficient (Wildman–Crippen LogP) is 3.75. The maximum Gasteiger partial charge on any atom is 0.133 e. The van der Waals surface area contributed by atoms with Gasteiger partial charge in [0.1, 0.15) is 5.82 Å². The van der Waals surface area contributed by atoms with E-state index in [-0.39, 0.29) is 0 Å². The summed E-state index contributed by atoms with van der Waals surface area (Å²) in [5.41, 5.74) is 10.8. The van der Waals surface area contributed by atoms with E-state index in [1.807, 2.05) is 0 Å². The Kier molecular flexibility index (Phi) is 3.68. The normalized spacial score (nSPS) is 17.4. The Morgan fingerprint density at radius 3 is 2.76 bits per heavy atom. The minimum Gasteiger partial charge on any atom is -0.326 e. The number of fused-ring (bicyclic) bond motifs is 1. The van der Waals surface area contributed by atoms with E-state index in [1.54, 1.807) is 0 Å². The van der Waals surface area contributed by atoms with Crippen LogP contribution in [-0.4, -0.2) is 11.0 Å². The first kappa shape index (κ1) is 14.1. The lowest BCUT2D eigenvalue weighted by atomic mass is 10.1. The quantitative estimate of drug-likeness (QED) is 0.931. The number of para-hydroxylation sites is 1. The largest absolute Gasteiger partial charge is 0.326 e. The van der Waals surface area contributed by atoms with E-state index in [1.165, 1.54) is 11.3 Å². The van der Waals surface area contributed by atoms with Crippen LogP contribution in [0.1, 0.15) is 43.5 Å². The number of hydrogen-bond donors (Lipinski definition) is 1. The summed E-state index contributed by atoms with van der Waals surface area (Å²) in [6.07, 6.45) is 1.07. The van der Waals surface area contributed by atoms with Gasteiger partial charge in [0.25, 0.3) is 0 Å². The van der Waals surface area contributed by atoms with Crippen LogP contribution in [0.15, 0.2) is 36.4 Å². The highest BCUT2D eigenvalue weighted by Crippen LogP contribution is 2.37. The van der Waals surface area contributed by atoms with Gasteiger partial charge >= 0.3 is 0 Å². The lowest BCUT2D eigenvalue weighted by molar-refractivity contribution is 0.739. The molecule has 0 amide bonds. The Morgan fingerprint density at radius 1 is 1.29 bits per heavy atom. The molecule has 3 heteroatoms. The molecule has 0 aliphatic carbocycles. The van der Waals surface area contributed by atoms with Crippen molar-refractivity contribution in [3.05, 3.63) is 53.2 Å². The third-order valence-electron chi connectivity index (χ3n) is 4.17. The van der Waals surface area contributed by atoms with Crippen LogP contribution in [0.2, 0.25) is 0 Å². The Labute approximate surface area is 126 Å². The van der Waals surface area contributed by atoms with Crippen LogP contribution in [0.5, 0.6) is 0 Å². The van der Waals surface area contributed by atoms with Gasteiger partial charge in [-0.05, 0) is 48.6 Å². The molecule has 3 rings (SSSR count). The molecule has 1 aliphatic heterocycles. The smallest absolute Gasteiger partial charge is 0.133 e. The summed E-state index contributed by atoms with van der Waals surface area (Å²) in [7, 11) is 0. The summed E-state index contributed by atoms with van der Waals surface area (Å²) in [5.74, 6) is 1.43. The molecule has 110 valence electrons. The van der Waals surface area contributed by atoms with Crippen LogP contribution in [0.4, 0.5) is 11.5 Å². The van der Waals surface area contributed by atoms with Crippen LogP contribution in [0.3, 0.4) is 0 Å². The Hall–Kier alpha value is -1.87. The summed E-state index contributed by atoms with van der Waals surface area (Å²) < 4.78 is 0. The number of aromatic nitrogens is 1. The van der Waals surface area contributed by atoms with Gasteiger partial charge in [0, 0.05) is 24.0 Å². The second-order valence-electron chi connectivity index (χ2n) is 6.17. The summed E-state index contributed by atoms with van der Waals surface area (Å²) in [6.45, 7) is 7.16. The molecule has 0 saturated carbocycles. The molecule has 0 saturated heterocycles. The van der Waals surface area contributed by atoms with Gasteiger partial charge in [0.15, 0.2) is 0 Å². The van der Waals surface area contributed by atoms with Crippen molar-refractivity contribution in [1.29, 1.82) is 0 Å². The third-order valence-corrected chi connectivity index (χ3v) is 4.17. The first-order valence-electron chi connectivity index (χ1n) is 7.68. The van der Waals surface area contributed by atoms with Crippen LogP contribution in [0, 0.1) is 0 Å². The second kappa shape index (κ2) is 5.49. The Bertz CT molecular complexity index is 649. The fourth-order valence-corrected chi connectivity index (χ4v) is 3.05. The first-order valence-corrected chi connectivity index (χ1v) is 7.68. The number of nitrogens with zero attached hydrogens (tertiary/aromatic N) is 2. The Morgan fingerprint density at radius 2 is 2.05 bits per heavy atom. The minimum atomic E-state index is 0.406. The highest BCUT2D eigenvalue weighted by molar-refractivity contribution is 5.69. The third kappa shape index (κ3) is 2.54. The minimum absolute atomic E-state index is 0.406. The van der Waals surface area contributed by atoms with E-state index >= 15 is 0 Å². The zero-order valence-corrected chi connectivity index (χ0v) is 13.0. The number of nitrogens with two attached hydrogens (primary N) is 1. The Balaban J connectivity index is 2.10. The zero-order chi connectivity index (χ0) is 15.0. The van der Waals surface area contributed by atoms with Gasteiger partial charge < -0.3 is 10.6 Å². The maximum absolute atomic E-state index is 5.87. The van der Waals surface area contributed by atoms with Crippen molar-refractivity contribution in [3.8, 4) is 0 Å². The van der Waals surface area contributed by atoms with Gasteiger partial charge in [-0.1, -0.05) is 32.0 Å². The van der Waals surface area contributed by atoms with Crippen LogP contribution < -0.4 is 10.6 Å². The van der Waals surface area contributed by atoms with Gasteiger partial charge in [-0.15, -0.1) is 0 Å². The van der Waals surface area contributed by atoms with Crippen molar-refractivity contribution in [3.63, 3.8) is 0 Å². The van der Waals surface area contributed by atoms with Gasteiger partial charge in [-0.25, -0.2) is 4.98 Å². The molecule has 0 spiro atoms. The van der Waals surface area contributed by atoms with E-state index in [2.05, 4.69) is 62.1 Å². The van der Waals surface area contributed by atoms with Crippen molar-refractivity contribution in [2.75, 3.05) is 4.90 Å². The van der Waals surface area contributed by atoms with Gasteiger partial charge in [-0.2, -0.15) is 0 Å². The SMILES string of the molecule is CC(C)c1cc(CN)cc(N2c3ccccc3CC2C)n1. The van der Waals surface area contributed by atoms with Crippen molar-refractivity contribution in [2.45, 2.75) is 45.7 Å². The molecule has 1 unspecified atom stereocenters. The molecule has 0 radical (unpaired) electrons. The monoisotopic (exact) mass is 281 g/mol. The van der Waals surface area contributed by atoms with Crippen LogP contribution in [-0.2, 0) is 13.0 Å². The number of pyridine rings is 1. The van der Waals surface area contributed by atoms with E-state index in [9.17, 15) is 0 Å². The fraction of sp³-hybridized carbons (Fsp3) is 0.389. The first-order chi connectivity index (χ1) is 10.1. The highest BCUT2D eigenvalue weighted by Gasteiger charge is 2.28. The van der Waals surface area contributed by atoms with Crippen LogP contribution >= 0.6 is 0 Å². The number of rotatable bonds is 3. The molecule has 2 N–H and O–H groups in total. The molecule has 2 aromatic rings. The molecule has 0 fully saturated rings. The lowest BCUT2D eigenvalue weighted by Gasteiger charge is -2.25. The molecule has 21 heavy (non-hydrogen) atoms. The zero-order valence-electron chi connectivity index (χ0n) is 13.0. The molecule has 1 aromatic heterocycles. The maximum atomic E-state index is 5.87. The molecule has 0 bridgehead atoms. The number of anilines is 2. The van der Waals surface area contributed by atoms with Crippen molar-refractivity contribution < 1.29 is 0 Å². The van der Waals surface area contributed by atoms with Crippen molar-refractivity contribution in [2.24, 2.45) is 5.73 Å². The average Bonchev–Trinajstić information content (AvgIpc) is 2.82. The van der Waals surface area contributed by atoms with Crippen molar-refractivity contribution in [1.82, 2.24) is 4.98 Å². The fourth-order valence-electron chi connectivity index (χ4n) is 3.05. The van der Waals surface area contributed by atoms with E-state index in [0.717, 1.165) is 23.5 Å². The summed E-state index contributed by atoms with van der Waals surface area (Å²) >= 11 is 0. The van der Waals surface area contributed by atoms with E-state index < -0.39 is 0 Å². The molecule has 1 aliphatic rings. The highest BCUT2D eigenvalue weighted by atomic mass is 15.2. The van der Waals surface area contributed by atoms with Crippen molar-refractivity contribution >= 4 is 11.5 Å². The molecule has 1 aromatic carbocycles. The second-order valence-corrected chi connectivity index (χ2v) is 6.17. The van der Waals surface area contributed by atoms with E-state index in [0.29, 0.717) is 18.5 Å². The number of hydrogen-bond acceptors (Lipinski definition) is 3. The standard InChI is InChI=1S/C18H23N3/c1-12(2)16-9-14(11-19)10-18(20-16)21-13(3)8-15-6-4-5-7-17(15)21/h4-7,9-10,12-13H,8,11,19H2,1-3H3. The van der Waals surface area contributed by atoms with Gasteiger partial charge in [-0.3, -0.25) is 0 Å². The molecule has 1 atom stereocenters. The predicted molar refractivity (Wildman–Crippen MR) is 88.0 cm³/mol. The molecule has 2 heterocycles. The summed E-state index contributed by atoms with van der Waals surface area (Å²) in [4.78, 5) is 7.23. The topological polar surface area (TPSA) is 42.1 Å². The summed E-state index contributed by atoms with van der Waals surface area (Å²) in [5, 5.41) is 0. The van der Waals surface area contributed by atoms with Gasteiger partial charge in [0.2, 0.25) is 0 Å². The molecular formula is C18H23N3. The van der Waals surface area contributed by atoms with Crippen LogP contribution in [0.25, 0.3) is 0 Å². The molecular weight excluding hydrogens is 258 g/mol. The van der Waals surface area contributed by atoms with Gasteiger partial charge in [0.05, 0.1) is 0 Å². The average molecular weight is 281 g/mol. The molecule has 3 nitrogen and oxygen atoms in total. The lowest BCUT2D eigenvalue weighted by Crippen LogP contribution is -2.25.